The first-order valence-corrected chi connectivity index (χ1v) is 14.2. The molecule has 0 radical (unpaired) electrons. The lowest BCUT2D eigenvalue weighted by Crippen LogP contribution is -2.79. The van der Waals surface area contributed by atoms with E-state index in [9.17, 15) is 39.3 Å². The van der Waals surface area contributed by atoms with Crippen LogP contribution in [0, 0.1) is 28.6 Å². The van der Waals surface area contributed by atoms with E-state index in [-0.39, 0.29) is 25.2 Å². The van der Waals surface area contributed by atoms with E-state index in [1.165, 1.54) is 13.8 Å². The summed E-state index contributed by atoms with van der Waals surface area (Å²) in [7, 11) is 1.06. The molecular weight excluding hydrogens is 568 g/mol. The molecule has 2 saturated heterocycles. The maximum Gasteiger partial charge on any atom is 0.348 e. The van der Waals surface area contributed by atoms with Crippen molar-refractivity contribution < 1.29 is 63.0 Å². The zero-order valence-corrected chi connectivity index (χ0v) is 25.2. The van der Waals surface area contributed by atoms with Crippen molar-refractivity contribution in [3.8, 4) is 0 Å². The maximum absolute atomic E-state index is 13.7. The van der Waals surface area contributed by atoms with E-state index < -0.39 is 93.9 Å². The number of fused-ring (bicyclic) bond motifs is 2. The number of methoxy groups -OCH3 is 1. The van der Waals surface area contributed by atoms with Gasteiger partial charge < -0.3 is 39.0 Å². The zero-order valence-electron chi connectivity index (χ0n) is 25.2. The van der Waals surface area contributed by atoms with Crippen LogP contribution in [0.4, 0.5) is 0 Å². The molecule has 43 heavy (non-hydrogen) atoms. The number of aliphatic hydroxyl groups is 3. The molecule has 3 N–H and O–H groups in total. The number of allylic oxidation sites excluding steroid dienone is 2. The van der Waals surface area contributed by atoms with Gasteiger partial charge in [0.2, 0.25) is 11.7 Å². The van der Waals surface area contributed by atoms with Crippen molar-refractivity contribution in [2.75, 3.05) is 13.7 Å². The van der Waals surface area contributed by atoms with Gasteiger partial charge in [0.05, 0.1) is 25.7 Å². The van der Waals surface area contributed by atoms with E-state index in [1.807, 2.05) is 0 Å². The number of hydrogen-bond donors (Lipinski definition) is 3. The summed E-state index contributed by atoms with van der Waals surface area (Å²) in [5.74, 6) is -7.48. The first-order chi connectivity index (χ1) is 19.9. The van der Waals surface area contributed by atoms with Gasteiger partial charge in [-0.05, 0) is 56.6 Å². The van der Waals surface area contributed by atoms with Crippen molar-refractivity contribution in [1.29, 1.82) is 0 Å². The van der Waals surface area contributed by atoms with Crippen molar-refractivity contribution in [3.63, 3.8) is 0 Å². The molecule has 0 aromatic carbocycles. The van der Waals surface area contributed by atoms with Gasteiger partial charge in [-0.25, -0.2) is 14.4 Å². The van der Waals surface area contributed by atoms with Crippen LogP contribution >= 0.6 is 0 Å². The number of ether oxygens (including phenoxy) is 5. The van der Waals surface area contributed by atoms with Gasteiger partial charge in [-0.3, -0.25) is 9.59 Å². The second-order valence-corrected chi connectivity index (χ2v) is 13.2. The molecule has 10 atom stereocenters. The highest BCUT2D eigenvalue weighted by atomic mass is 16.6. The Labute approximate surface area is 248 Å². The summed E-state index contributed by atoms with van der Waals surface area (Å²) in [5.41, 5.74) is -5.29. The van der Waals surface area contributed by atoms with Gasteiger partial charge in [-0.1, -0.05) is 6.92 Å². The lowest BCUT2D eigenvalue weighted by molar-refractivity contribution is -0.290. The smallest absolute Gasteiger partial charge is 0.348 e. The average Bonchev–Trinajstić information content (AvgIpc) is 3.21. The molecule has 2 bridgehead atoms. The Bertz CT molecular complexity index is 1360. The van der Waals surface area contributed by atoms with Crippen molar-refractivity contribution in [2.45, 2.75) is 90.0 Å². The summed E-state index contributed by atoms with van der Waals surface area (Å²) in [6.07, 6.45) is -5.37. The number of carbonyl (C=O) groups excluding carboxylic acids is 5. The van der Waals surface area contributed by atoms with Crippen LogP contribution in [0.15, 0.2) is 23.0 Å². The topological polar surface area (TPSA) is 192 Å². The third kappa shape index (κ3) is 4.03. The minimum atomic E-state index is -2.31. The molecule has 13 heteroatoms. The third-order valence-corrected chi connectivity index (χ3v) is 10.8. The van der Waals surface area contributed by atoms with Crippen LogP contribution in [0.1, 0.15) is 54.4 Å². The number of ketones is 1. The SMILES string of the molecule is COC(=O)[C@@]12OC[C@]34[C@H]([C@@H](O)[C@@H]1O)[C@@]1(C)CC(=O)C(O)=C(C)[C@@H]1C[C@H]3OC(=O)[C@H](OC(=O)C=C(C)C(C)(C)OC(C)=O)[C@@H]24. The minimum Gasteiger partial charge on any atom is -0.504 e. The van der Waals surface area contributed by atoms with Crippen molar-refractivity contribution in [3.05, 3.63) is 23.0 Å². The first-order valence-electron chi connectivity index (χ1n) is 14.2. The fourth-order valence-electron chi connectivity index (χ4n) is 8.81. The zero-order chi connectivity index (χ0) is 32.0. The molecule has 236 valence electrons. The first kappa shape index (κ1) is 31.1. The molecule has 0 aromatic heterocycles. The Balaban J connectivity index is 1.64. The molecular formula is C30H38O13. The van der Waals surface area contributed by atoms with E-state index >= 15 is 0 Å². The van der Waals surface area contributed by atoms with Gasteiger partial charge in [-0.15, -0.1) is 0 Å². The van der Waals surface area contributed by atoms with Gasteiger partial charge in [0, 0.05) is 30.8 Å². The molecule has 4 fully saturated rings. The van der Waals surface area contributed by atoms with Crippen LogP contribution < -0.4 is 0 Å². The van der Waals surface area contributed by atoms with Crippen molar-refractivity contribution in [1.82, 2.24) is 0 Å². The van der Waals surface area contributed by atoms with Crippen LogP contribution in [0.5, 0.6) is 0 Å². The lowest BCUT2D eigenvalue weighted by Gasteiger charge is -2.67. The fraction of sp³-hybridized carbons (Fsp3) is 0.700. The van der Waals surface area contributed by atoms with Crippen LogP contribution in [0.3, 0.4) is 0 Å². The van der Waals surface area contributed by atoms with Crippen LogP contribution in [-0.4, -0.2) is 94.3 Å². The maximum atomic E-state index is 13.7. The second kappa shape index (κ2) is 9.86. The van der Waals surface area contributed by atoms with E-state index in [0.29, 0.717) is 11.1 Å². The Morgan fingerprint density at radius 2 is 1.77 bits per heavy atom. The quantitative estimate of drug-likeness (QED) is 0.227. The second-order valence-electron chi connectivity index (χ2n) is 13.2. The number of esters is 4. The van der Waals surface area contributed by atoms with Crippen molar-refractivity contribution in [2.24, 2.45) is 28.6 Å². The van der Waals surface area contributed by atoms with Gasteiger partial charge in [-0.2, -0.15) is 0 Å². The van der Waals surface area contributed by atoms with Gasteiger partial charge in [0.15, 0.2) is 11.5 Å². The minimum absolute atomic E-state index is 0.123. The fourth-order valence-corrected chi connectivity index (χ4v) is 8.81. The Morgan fingerprint density at radius 1 is 1.12 bits per heavy atom. The number of Topliss-reactive ketones (excluding diaryl/α,β-unsaturated/α-hetero) is 1. The summed E-state index contributed by atoms with van der Waals surface area (Å²) in [6, 6.07) is 0. The van der Waals surface area contributed by atoms with Gasteiger partial charge in [0.25, 0.3) is 0 Å². The normalized spacial score (nSPS) is 42.0. The molecule has 1 spiro atoms. The summed E-state index contributed by atoms with van der Waals surface area (Å²) < 4.78 is 28.0. The number of hydrogen-bond acceptors (Lipinski definition) is 13. The van der Waals surface area contributed by atoms with Crippen LogP contribution in [-0.2, 0) is 47.7 Å². The molecule has 0 amide bonds. The van der Waals surface area contributed by atoms with Gasteiger partial charge >= 0.3 is 23.9 Å². The molecule has 5 aliphatic rings. The monoisotopic (exact) mass is 606 g/mol. The van der Waals surface area contributed by atoms with E-state index in [0.717, 1.165) is 13.2 Å². The lowest BCUT2D eigenvalue weighted by atomic mass is 9.38. The largest absolute Gasteiger partial charge is 0.504 e. The van der Waals surface area contributed by atoms with Crippen LogP contribution in [0.2, 0.25) is 0 Å². The molecule has 0 unspecified atom stereocenters. The number of rotatable bonds is 5. The Morgan fingerprint density at radius 3 is 2.37 bits per heavy atom. The van der Waals surface area contributed by atoms with E-state index in [1.54, 1.807) is 27.7 Å². The Hall–Kier alpha value is -3.29. The Kier molecular flexibility index (Phi) is 7.14. The van der Waals surface area contributed by atoms with Gasteiger partial charge in [0.1, 0.15) is 17.8 Å². The standard InChI is InChI=1S/C30H38O13/c1-12(27(4,5)43-14(3)31)8-18(33)42-21-23-29-11-40-30(23,26(38)39-7)24(36)20(35)22(29)28(6)10-16(32)19(34)13(2)15(28)9-17(29)41-25(21)37/h8,15,17,20-24,34-36H,9-11H2,1-7H3/t15-,17+,20+,21+,22+,23+,24-,28-,29+,30-/m0/s1. The summed E-state index contributed by atoms with van der Waals surface area (Å²) >= 11 is 0. The number of carbonyl (C=O) groups is 5. The predicted octanol–water partition coefficient (Wildman–Crippen LogP) is 0.839. The number of aliphatic hydroxyl groups excluding tert-OH is 3. The molecule has 5 rings (SSSR count). The summed E-state index contributed by atoms with van der Waals surface area (Å²) in [5, 5.41) is 33.9. The summed E-state index contributed by atoms with van der Waals surface area (Å²) in [4.78, 5) is 64.9. The van der Waals surface area contributed by atoms with Crippen molar-refractivity contribution >= 4 is 29.7 Å². The highest BCUT2D eigenvalue weighted by Crippen LogP contribution is 2.72. The molecule has 2 saturated carbocycles. The molecule has 2 aliphatic heterocycles. The molecule has 13 nitrogen and oxygen atoms in total. The van der Waals surface area contributed by atoms with E-state index in [4.69, 9.17) is 23.7 Å². The van der Waals surface area contributed by atoms with E-state index in [2.05, 4.69) is 0 Å². The average molecular weight is 607 g/mol. The molecule has 0 aromatic rings. The third-order valence-electron chi connectivity index (χ3n) is 10.8. The van der Waals surface area contributed by atoms with Crippen LogP contribution in [0.25, 0.3) is 0 Å². The molecule has 2 heterocycles. The highest BCUT2D eigenvalue weighted by molar-refractivity contribution is 5.95. The highest BCUT2D eigenvalue weighted by Gasteiger charge is 2.85. The predicted molar refractivity (Wildman–Crippen MR) is 143 cm³/mol. The molecule has 3 aliphatic carbocycles. The summed E-state index contributed by atoms with van der Waals surface area (Å²) in [6.45, 7) is 8.96.